The first-order valence-electron chi connectivity index (χ1n) is 8.43. The molecule has 1 aromatic carbocycles. The number of rotatable bonds is 7. The van der Waals surface area contributed by atoms with Gasteiger partial charge in [-0.25, -0.2) is 0 Å². The molecular formula is C18H22FN4O2. The summed E-state index contributed by atoms with van der Waals surface area (Å²) in [5, 5.41) is 4.38. The molecule has 0 bridgehead atoms. The lowest BCUT2D eigenvalue weighted by molar-refractivity contribution is -0.148. The monoisotopic (exact) mass is 345 g/mol. The minimum Gasteiger partial charge on any atom is -0.492 e. The number of likely N-dealkylation sites (tertiary alicyclic amines) is 1. The van der Waals surface area contributed by atoms with Gasteiger partial charge < -0.3 is 4.74 Å². The molecule has 2 heterocycles. The number of benzene rings is 1. The molecule has 1 fully saturated rings. The van der Waals surface area contributed by atoms with Crippen LogP contribution in [-0.4, -0.2) is 58.5 Å². The fourth-order valence-electron chi connectivity index (χ4n) is 2.85. The summed E-state index contributed by atoms with van der Waals surface area (Å²) in [7, 11) is 1.85. The summed E-state index contributed by atoms with van der Waals surface area (Å²) in [5.74, 6) is 0.0721. The van der Waals surface area contributed by atoms with Crippen LogP contribution in [0.15, 0.2) is 30.6 Å². The number of nitrogens with zero attached hydrogens (tertiary/aromatic N) is 4. The molecule has 0 saturated carbocycles. The molecule has 133 valence electrons. The Bertz CT molecular complexity index is 713. The number of hydrogen-bond acceptors (Lipinski definition) is 4. The molecule has 3 rings (SSSR count). The third-order valence-electron chi connectivity index (χ3n) is 4.18. The Morgan fingerprint density at radius 3 is 2.88 bits per heavy atom. The van der Waals surface area contributed by atoms with Crippen molar-refractivity contribution in [1.82, 2.24) is 19.8 Å². The first-order valence-corrected chi connectivity index (χ1v) is 8.43. The second-order valence-electron chi connectivity index (χ2n) is 6.17. The summed E-state index contributed by atoms with van der Waals surface area (Å²) in [6, 6.07) is 8.38. The number of amides is 1. The molecule has 0 N–H and O–H groups in total. The zero-order valence-electron chi connectivity index (χ0n) is 14.3. The Hall–Kier alpha value is -2.41. The SMILES string of the molecule is Cn1cc(-c2c[c]cc(OCCN(F)C(=O)CN3CCCC3)c2)cn1. The van der Waals surface area contributed by atoms with Gasteiger partial charge in [-0.1, -0.05) is 4.48 Å². The molecule has 25 heavy (non-hydrogen) atoms. The zero-order valence-corrected chi connectivity index (χ0v) is 14.3. The van der Waals surface area contributed by atoms with E-state index in [-0.39, 0.29) is 24.8 Å². The first-order chi connectivity index (χ1) is 12.1. The average Bonchev–Trinajstić information content (AvgIpc) is 3.26. The lowest BCUT2D eigenvalue weighted by Crippen LogP contribution is -2.36. The van der Waals surface area contributed by atoms with Crippen molar-refractivity contribution >= 4 is 5.91 Å². The zero-order chi connectivity index (χ0) is 17.6. The highest BCUT2D eigenvalue weighted by Crippen LogP contribution is 2.23. The number of hydrogen-bond donors (Lipinski definition) is 0. The van der Waals surface area contributed by atoms with E-state index in [1.165, 1.54) is 0 Å². The summed E-state index contributed by atoms with van der Waals surface area (Å²) in [6.45, 7) is 1.87. The van der Waals surface area contributed by atoms with Gasteiger partial charge in [-0.15, -0.1) is 0 Å². The van der Waals surface area contributed by atoms with E-state index in [1.54, 1.807) is 16.9 Å². The first kappa shape index (κ1) is 17.4. The van der Waals surface area contributed by atoms with Crippen molar-refractivity contribution in [2.75, 3.05) is 32.8 Å². The minimum absolute atomic E-state index is 0.0899. The quantitative estimate of drug-likeness (QED) is 0.721. The predicted octanol–water partition coefficient (Wildman–Crippen LogP) is 2.07. The van der Waals surface area contributed by atoms with Crippen molar-refractivity contribution in [3.63, 3.8) is 0 Å². The van der Waals surface area contributed by atoms with E-state index in [0.29, 0.717) is 5.75 Å². The van der Waals surface area contributed by atoms with E-state index in [9.17, 15) is 9.28 Å². The fraction of sp³-hybridized carbons (Fsp3) is 0.444. The maximum atomic E-state index is 13.9. The Labute approximate surface area is 146 Å². The van der Waals surface area contributed by atoms with Crippen molar-refractivity contribution in [1.29, 1.82) is 0 Å². The average molecular weight is 345 g/mol. The van der Waals surface area contributed by atoms with Gasteiger partial charge in [-0.3, -0.25) is 14.4 Å². The van der Waals surface area contributed by atoms with Crippen LogP contribution in [0.4, 0.5) is 4.48 Å². The van der Waals surface area contributed by atoms with Gasteiger partial charge in [-0.2, -0.15) is 10.2 Å². The van der Waals surface area contributed by atoms with E-state index in [2.05, 4.69) is 11.2 Å². The Kier molecular flexibility index (Phi) is 5.65. The number of aryl methyl sites for hydroxylation is 1. The van der Waals surface area contributed by atoms with Crippen LogP contribution >= 0.6 is 0 Å². The van der Waals surface area contributed by atoms with E-state index in [0.717, 1.165) is 37.1 Å². The van der Waals surface area contributed by atoms with Crippen LogP contribution in [-0.2, 0) is 11.8 Å². The van der Waals surface area contributed by atoms with Crippen molar-refractivity contribution in [3.05, 3.63) is 36.7 Å². The number of halogens is 1. The highest BCUT2D eigenvalue weighted by Gasteiger charge is 2.19. The van der Waals surface area contributed by atoms with Crippen molar-refractivity contribution in [2.45, 2.75) is 12.8 Å². The Morgan fingerprint density at radius 1 is 1.36 bits per heavy atom. The van der Waals surface area contributed by atoms with Crippen LogP contribution in [0.5, 0.6) is 5.75 Å². The number of ether oxygens (including phenoxy) is 1. The summed E-state index contributed by atoms with van der Waals surface area (Å²) >= 11 is 0. The van der Waals surface area contributed by atoms with Gasteiger partial charge in [0, 0.05) is 18.8 Å². The molecule has 1 saturated heterocycles. The van der Waals surface area contributed by atoms with E-state index >= 15 is 0 Å². The van der Waals surface area contributed by atoms with E-state index < -0.39 is 5.91 Å². The molecule has 6 nitrogen and oxygen atoms in total. The molecule has 0 spiro atoms. The number of carbonyl (C=O) groups excluding carboxylic acids is 1. The van der Waals surface area contributed by atoms with Crippen molar-refractivity contribution in [3.8, 4) is 16.9 Å². The molecule has 1 aliphatic heterocycles. The van der Waals surface area contributed by atoms with Crippen LogP contribution in [0.2, 0.25) is 0 Å². The lowest BCUT2D eigenvalue weighted by Gasteiger charge is -2.17. The standard InChI is InChI=1S/C18H22FN4O2/c1-21-13-16(12-20-21)15-5-4-6-17(11-15)25-10-9-23(19)18(24)14-22-7-2-3-8-22/h5-6,11-13H,2-3,7-10,14H2,1H3. The maximum Gasteiger partial charge on any atom is 0.264 e. The second kappa shape index (κ2) is 8.11. The van der Waals surface area contributed by atoms with Crippen molar-refractivity contribution < 1.29 is 14.0 Å². The molecule has 0 aliphatic carbocycles. The molecule has 0 unspecified atom stereocenters. The van der Waals surface area contributed by atoms with Crippen molar-refractivity contribution in [2.24, 2.45) is 7.05 Å². The van der Waals surface area contributed by atoms with Crippen LogP contribution in [0, 0.1) is 6.07 Å². The normalized spacial score (nSPS) is 14.6. The largest absolute Gasteiger partial charge is 0.492 e. The molecule has 1 aliphatic rings. The molecule has 0 atom stereocenters. The molecule has 2 aromatic rings. The predicted molar refractivity (Wildman–Crippen MR) is 91.5 cm³/mol. The van der Waals surface area contributed by atoms with Crippen LogP contribution in [0.25, 0.3) is 11.1 Å². The Morgan fingerprint density at radius 2 is 2.16 bits per heavy atom. The number of aromatic nitrogens is 2. The van der Waals surface area contributed by atoms with Gasteiger partial charge in [-0.05, 0) is 55.8 Å². The van der Waals surface area contributed by atoms with Crippen LogP contribution in [0.3, 0.4) is 0 Å². The van der Waals surface area contributed by atoms with Crippen LogP contribution in [0.1, 0.15) is 12.8 Å². The second-order valence-corrected chi connectivity index (χ2v) is 6.17. The van der Waals surface area contributed by atoms with Crippen LogP contribution < -0.4 is 4.74 Å². The third-order valence-corrected chi connectivity index (χ3v) is 4.18. The third kappa shape index (κ3) is 4.79. The highest BCUT2D eigenvalue weighted by molar-refractivity contribution is 5.77. The van der Waals surface area contributed by atoms with Gasteiger partial charge in [0.15, 0.2) is 0 Å². The van der Waals surface area contributed by atoms with Gasteiger partial charge >= 0.3 is 0 Å². The lowest BCUT2D eigenvalue weighted by atomic mass is 10.1. The minimum atomic E-state index is -0.513. The summed E-state index contributed by atoms with van der Waals surface area (Å²) < 4.78 is 21.1. The van der Waals surface area contributed by atoms with Gasteiger partial charge in [0.1, 0.15) is 12.4 Å². The summed E-state index contributed by atoms with van der Waals surface area (Å²) in [5.41, 5.74) is 1.88. The number of carbonyl (C=O) groups is 1. The van der Waals surface area contributed by atoms with Gasteiger partial charge in [0.05, 0.1) is 19.3 Å². The van der Waals surface area contributed by atoms with Gasteiger partial charge in [0.25, 0.3) is 5.91 Å². The Balaban J connectivity index is 1.47. The molecule has 1 amide bonds. The summed E-state index contributed by atoms with van der Waals surface area (Å²) in [6.07, 6.45) is 5.81. The smallest absolute Gasteiger partial charge is 0.264 e. The maximum absolute atomic E-state index is 13.9. The fourth-order valence-corrected chi connectivity index (χ4v) is 2.85. The molecule has 7 heteroatoms. The highest BCUT2D eigenvalue weighted by atomic mass is 19.2. The van der Waals surface area contributed by atoms with E-state index in [1.807, 2.05) is 30.3 Å². The van der Waals surface area contributed by atoms with Gasteiger partial charge in [0.2, 0.25) is 0 Å². The molecule has 1 aromatic heterocycles. The molecular weight excluding hydrogens is 323 g/mol. The molecule has 1 radical (unpaired) electrons. The van der Waals surface area contributed by atoms with E-state index in [4.69, 9.17) is 4.74 Å². The topological polar surface area (TPSA) is 50.6 Å². The summed E-state index contributed by atoms with van der Waals surface area (Å²) in [4.78, 5) is 13.8.